The van der Waals surface area contributed by atoms with E-state index in [1.807, 2.05) is 0 Å². The van der Waals surface area contributed by atoms with Gasteiger partial charge in [-0.2, -0.15) is 13.8 Å². The van der Waals surface area contributed by atoms with Crippen LogP contribution in [0.15, 0.2) is 30.5 Å². The van der Waals surface area contributed by atoms with E-state index >= 15 is 0 Å². The molecule has 2 rings (SSSR count). The zero-order chi connectivity index (χ0) is 16.1. The number of anilines is 2. The Morgan fingerprint density at radius 2 is 2.00 bits per heavy atom. The molecule has 0 unspecified atom stereocenters. The Kier molecular flexibility index (Phi) is 4.66. The van der Waals surface area contributed by atoms with Crippen LogP contribution in [0, 0.1) is 0 Å². The number of carboxylic acid groups (broad SMARTS) is 1. The molecule has 116 valence electrons. The number of aromatic nitrogens is 2. The molecule has 0 radical (unpaired) electrons. The Morgan fingerprint density at radius 3 is 2.55 bits per heavy atom. The number of carbonyl (C=O) groups is 1. The molecule has 7 nitrogen and oxygen atoms in total. The maximum atomic E-state index is 12.0. The average Bonchev–Trinajstić information content (AvgIpc) is 2.48. The van der Waals surface area contributed by atoms with E-state index in [1.54, 1.807) is 0 Å². The van der Waals surface area contributed by atoms with Crippen LogP contribution in [-0.2, 0) is 0 Å². The van der Waals surface area contributed by atoms with Crippen molar-refractivity contribution in [2.24, 2.45) is 0 Å². The first-order chi connectivity index (χ1) is 10.5. The molecular weight excluding hydrogens is 300 g/mol. The minimum atomic E-state index is -2.89. The molecule has 0 amide bonds. The van der Waals surface area contributed by atoms with E-state index in [4.69, 9.17) is 9.84 Å². The van der Waals surface area contributed by atoms with Gasteiger partial charge in [-0.15, -0.1) is 0 Å². The summed E-state index contributed by atoms with van der Waals surface area (Å²) in [6.07, 6.45) is 1.10. The van der Waals surface area contributed by atoms with Crippen molar-refractivity contribution >= 4 is 17.6 Å². The van der Waals surface area contributed by atoms with Crippen LogP contribution in [0.1, 0.15) is 10.4 Å². The maximum Gasteiger partial charge on any atom is 0.387 e. The third kappa shape index (κ3) is 3.78. The largest absolute Gasteiger partial charge is 0.480 e. The number of nitrogens with one attached hydrogen (secondary N) is 1. The van der Waals surface area contributed by atoms with Gasteiger partial charge in [0.2, 0.25) is 11.8 Å². The first-order valence-electron chi connectivity index (χ1n) is 5.96. The molecule has 1 aromatic carbocycles. The summed E-state index contributed by atoms with van der Waals surface area (Å²) in [6.45, 7) is -2.89. The van der Waals surface area contributed by atoms with E-state index in [-0.39, 0.29) is 23.1 Å². The molecule has 0 aliphatic heterocycles. The quantitative estimate of drug-likeness (QED) is 0.846. The summed E-state index contributed by atoms with van der Waals surface area (Å²) >= 11 is 0. The molecule has 1 aromatic heterocycles. The monoisotopic (exact) mass is 311 g/mol. The van der Waals surface area contributed by atoms with Gasteiger partial charge in [0.1, 0.15) is 11.3 Å². The highest BCUT2D eigenvalue weighted by Crippen LogP contribution is 2.21. The van der Waals surface area contributed by atoms with Crippen LogP contribution in [0.4, 0.5) is 20.4 Å². The number of carboxylic acids is 1. The van der Waals surface area contributed by atoms with E-state index in [9.17, 15) is 13.6 Å². The van der Waals surface area contributed by atoms with Crippen molar-refractivity contribution in [1.82, 2.24) is 9.97 Å². The predicted molar refractivity (Wildman–Crippen MR) is 71.9 cm³/mol. The molecule has 9 heteroatoms. The number of alkyl halides is 2. The number of hydrogen-bond acceptors (Lipinski definition) is 6. The molecule has 0 fully saturated rings. The summed E-state index contributed by atoms with van der Waals surface area (Å²) in [5.74, 6) is -1.19. The summed E-state index contributed by atoms with van der Waals surface area (Å²) in [6, 6.07) is 5.66. The number of halogens is 2. The van der Waals surface area contributed by atoms with Gasteiger partial charge in [0.25, 0.3) is 0 Å². The third-order valence-corrected chi connectivity index (χ3v) is 2.51. The number of hydrogen-bond donors (Lipinski definition) is 2. The molecule has 2 N–H and O–H groups in total. The lowest BCUT2D eigenvalue weighted by Gasteiger charge is -2.09. The summed E-state index contributed by atoms with van der Waals surface area (Å²) in [7, 11) is 1.29. The van der Waals surface area contributed by atoms with Gasteiger partial charge < -0.3 is 19.9 Å². The number of nitrogens with zero attached hydrogens (tertiary/aromatic N) is 2. The molecule has 22 heavy (non-hydrogen) atoms. The smallest absolute Gasteiger partial charge is 0.387 e. The minimum Gasteiger partial charge on any atom is -0.480 e. The van der Waals surface area contributed by atoms with Crippen LogP contribution >= 0.6 is 0 Å². The number of methoxy groups -OCH3 is 1. The van der Waals surface area contributed by atoms with E-state index in [0.29, 0.717) is 5.69 Å². The highest BCUT2D eigenvalue weighted by atomic mass is 19.3. The normalized spacial score (nSPS) is 10.4. The third-order valence-electron chi connectivity index (χ3n) is 2.51. The van der Waals surface area contributed by atoms with Crippen LogP contribution in [0.25, 0.3) is 0 Å². The van der Waals surface area contributed by atoms with Gasteiger partial charge in [-0.05, 0) is 24.3 Å². The lowest BCUT2D eigenvalue weighted by molar-refractivity contribution is -0.0498. The molecule has 0 aliphatic carbocycles. The standard InChI is InChI=1S/C13H11F2N3O4/c1-21-10-9(11(19)20)6-16-13(18-10)17-7-2-4-8(5-3-7)22-12(14)15/h2-6,12H,1H3,(H,19,20)(H,16,17,18). The average molecular weight is 311 g/mol. The van der Waals surface area contributed by atoms with Gasteiger partial charge in [-0.1, -0.05) is 0 Å². The minimum absolute atomic E-state index is 0.0141. The van der Waals surface area contributed by atoms with Crippen molar-refractivity contribution in [1.29, 1.82) is 0 Å². The highest BCUT2D eigenvalue weighted by molar-refractivity contribution is 5.90. The van der Waals surface area contributed by atoms with Gasteiger partial charge in [-0.3, -0.25) is 0 Å². The van der Waals surface area contributed by atoms with E-state index in [2.05, 4.69) is 20.0 Å². The van der Waals surface area contributed by atoms with Gasteiger partial charge in [-0.25, -0.2) is 9.78 Å². The second-order valence-electron chi connectivity index (χ2n) is 3.95. The lowest BCUT2D eigenvalue weighted by atomic mass is 10.3. The number of rotatable bonds is 6. The Hall–Kier alpha value is -2.97. The van der Waals surface area contributed by atoms with Crippen molar-refractivity contribution in [2.45, 2.75) is 6.61 Å². The van der Waals surface area contributed by atoms with E-state index in [0.717, 1.165) is 6.20 Å². The molecule has 0 bridgehead atoms. The van der Waals surface area contributed by atoms with Crippen molar-refractivity contribution < 1.29 is 28.2 Å². The first kappa shape index (κ1) is 15.4. The molecular formula is C13H11F2N3O4. The van der Waals surface area contributed by atoms with E-state index in [1.165, 1.54) is 31.4 Å². The summed E-state index contributed by atoms with van der Waals surface area (Å²) < 4.78 is 33.2. The fraction of sp³-hybridized carbons (Fsp3) is 0.154. The lowest BCUT2D eigenvalue weighted by Crippen LogP contribution is -2.06. The fourth-order valence-corrected chi connectivity index (χ4v) is 1.58. The Morgan fingerprint density at radius 1 is 1.32 bits per heavy atom. The van der Waals surface area contributed by atoms with Gasteiger partial charge >= 0.3 is 12.6 Å². The van der Waals surface area contributed by atoms with Crippen LogP contribution < -0.4 is 14.8 Å². The van der Waals surface area contributed by atoms with Crippen molar-refractivity contribution in [3.05, 3.63) is 36.0 Å². The maximum absolute atomic E-state index is 12.0. The van der Waals surface area contributed by atoms with Gasteiger partial charge in [0.15, 0.2) is 0 Å². The van der Waals surface area contributed by atoms with Gasteiger partial charge in [0, 0.05) is 5.69 Å². The Bertz CT molecular complexity index is 665. The molecule has 0 spiro atoms. The van der Waals surface area contributed by atoms with Crippen molar-refractivity contribution in [2.75, 3.05) is 12.4 Å². The number of ether oxygens (including phenoxy) is 2. The van der Waals surface area contributed by atoms with Crippen LogP contribution in [0.3, 0.4) is 0 Å². The second-order valence-corrected chi connectivity index (χ2v) is 3.95. The zero-order valence-electron chi connectivity index (χ0n) is 11.3. The van der Waals surface area contributed by atoms with Crippen molar-refractivity contribution in [3.63, 3.8) is 0 Å². The topological polar surface area (TPSA) is 93.6 Å². The second kappa shape index (κ2) is 6.66. The summed E-state index contributed by atoms with van der Waals surface area (Å²) in [4.78, 5) is 18.7. The van der Waals surface area contributed by atoms with Crippen LogP contribution in [0.2, 0.25) is 0 Å². The first-order valence-corrected chi connectivity index (χ1v) is 5.96. The molecule has 0 atom stereocenters. The zero-order valence-corrected chi connectivity index (χ0v) is 11.3. The molecule has 2 aromatic rings. The van der Waals surface area contributed by atoms with Crippen molar-refractivity contribution in [3.8, 4) is 11.6 Å². The van der Waals surface area contributed by atoms with Gasteiger partial charge in [0.05, 0.1) is 13.3 Å². The molecule has 0 saturated heterocycles. The number of benzene rings is 1. The molecule has 0 saturated carbocycles. The van der Waals surface area contributed by atoms with E-state index < -0.39 is 12.6 Å². The number of aromatic carboxylic acids is 1. The Balaban J connectivity index is 2.15. The SMILES string of the molecule is COc1nc(Nc2ccc(OC(F)F)cc2)ncc1C(=O)O. The molecule has 1 heterocycles. The summed E-state index contributed by atoms with van der Waals surface area (Å²) in [5.41, 5.74) is 0.334. The summed E-state index contributed by atoms with van der Waals surface area (Å²) in [5, 5.41) is 11.7. The van der Waals surface area contributed by atoms with Crippen LogP contribution in [-0.4, -0.2) is 34.8 Å². The fourth-order valence-electron chi connectivity index (χ4n) is 1.58. The predicted octanol–water partition coefficient (Wildman–Crippen LogP) is 2.53. The highest BCUT2D eigenvalue weighted by Gasteiger charge is 2.14. The Labute approximate surface area is 123 Å². The molecule has 0 aliphatic rings. The van der Waals surface area contributed by atoms with Crippen LogP contribution in [0.5, 0.6) is 11.6 Å².